The second-order valence-corrected chi connectivity index (χ2v) is 12.0. The molecule has 3 aromatic carbocycles. The molecule has 0 bridgehead atoms. The average Bonchev–Trinajstić information content (AvgIpc) is 3.68. The van der Waals surface area contributed by atoms with Gasteiger partial charge >= 0.3 is 18.0 Å². The van der Waals surface area contributed by atoms with Crippen molar-refractivity contribution >= 4 is 29.8 Å². The first-order chi connectivity index (χ1) is 25.5. The molecular weight excluding hydrogens is 688 g/mol. The fourth-order valence-electron chi connectivity index (χ4n) is 5.38. The molecule has 280 valence electrons. The summed E-state index contributed by atoms with van der Waals surface area (Å²) in [6.45, 7) is 1.25. The molecule has 0 saturated carbocycles. The van der Waals surface area contributed by atoms with Crippen LogP contribution in [0.3, 0.4) is 0 Å². The molecular formula is C37H42N6O10. The van der Waals surface area contributed by atoms with E-state index in [1.807, 2.05) is 0 Å². The Balaban J connectivity index is 1.55. The molecule has 4 atom stereocenters. The van der Waals surface area contributed by atoms with Crippen molar-refractivity contribution in [2.75, 3.05) is 14.2 Å². The molecule has 0 aliphatic heterocycles. The van der Waals surface area contributed by atoms with E-state index in [1.165, 1.54) is 33.7 Å². The summed E-state index contributed by atoms with van der Waals surface area (Å²) in [5.41, 5.74) is 2.50. The van der Waals surface area contributed by atoms with Crippen LogP contribution in [0.2, 0.25) is 0 Å². The summed E-state index contributed by atoms with van der Waals surface area (Å²) in [7, 11) is 3.05. The van der Waals surface area contributed by atoms with Crippen LogP contribution in [-0.4, -0.2) is 88.4 Å². The number of carbonyl (C=O) groups is 5. The maximum absolute atomic E-state index is 13.7. The van der Waals surface area contributed by atoms with Crippen LogP contribution in [0, 0.1) is 0 Å². The van der Waals surface area contributed by atoms with Gasteiger partial charge in [-0.15, -0.1) is 0 Å². The third-order valence-corrected chi connectivity index (χ3v) is 8.22. The number of benzene rings is 3. The van der Waals surface area contributed by atoms with Crippen molar-refractivity contribution in [1.82, 2.24) is 31.2 Å². The topological polar surface area (TPSA) is 230 Å². The lowest BCUT2D eigenvalue weighted by atomic mass is 9.98. The molecule has 0 radical (unpaired) electrons. The number of hydrogen-bond donors (Lipinski definition) is 7. The minimum absolute atomic E-state index is 0.0544. The van der Waals surface area contributed by atoms with Crippen molar-refractivity contribution < 1.29 is 48.4 Å². The molecule has 16 nitrogen and oxygen atoms in total. The van der Waals surface area contributed by atoms with Gasteiger partial charge in [-0.1, -0.05) is 54.6 Å². The predicted octanol–water partition coefficient (Wildman–Crippen LogP) is 2.56. The maximum Gasteiger partial charge on any atom is 0.408 e. The zero-order valence-electron chi connectivity index (χ0n) is 29.3. The molecule has 3 amide bonds. The van der Waals surface area contributed by atoms with E-state index in [0.717, 1.165) is 0 Å². The molecule has 0 fully saturated rings. The first-order valence-electron chi connectivity index (χ1n) is 16.5. The minimum Gasteiger partial charge on any atom is -0.497 e. The van der Waals surface area contributed by atoms with E-state index < -0.39 is 66.5 Å². The molecule has 4 aromatic rings. The van der Waals surface area contributed by atoms with Crippen LogP contribution in [0.5, 0.6) is 11.5 Å². The lowest BCUT2D eigenvalue weighted by molar-refractivity contribution is -0.144. The Morgan fingerprint density at radius 3 is 1.89 bits per heavy atom. The Kier molecular flexibility index (Phi) is 14.3. The first-order valence-corrected chi connectivity index (χ1v) is 16.5. The smallest absolute Gasteiger partial charge is 0.408 e. The Labute approximate surface area is 305 Å². The van der Waals surface area contributed by atoms with Crippen molar-refractivity contribution in [3.05, 3.63) is 114 Å². The van der Waals surface area contributed by atoms with Gasteiger partial charge in [0.2, 0.25) is 11.8 Å². The highest BCUT2D eigenvalue weighted by molar-refractivity contribution is 5.93. The lowest BCUT2D eigenvalue weighted by Crippen LogP contribution is -2.60. The van der Waals surface area contributed by atoms with Crippen molar-refractivity contribution in [1.29, 1.82) is 0 Å². The Morgan fingerprint density at radius 1 is 0.774 bits per heavy atom. The molecule has 53 heavy (non-hydrogen) atoms. The van der Waals surface area contributed by atoms with Gasteiger partial charge < -0.3 is 45.4 Å². The minimum atomic E-state index is -1.68. The Hall–Kier alpha value is -6.42. The largest absolute Gasteiger partial charge is 0.497 e. The summed E-state index contributed by atoms with van der Waals surface area (Å²) in [5.74, 6) is -3.26. The third kappa shape index (κ3) is 11.8. The summed E-state index contributed by atoms with van der Waals surface area (Å²) < 4.78 is 15.8. The zero-order valence-corrected chi connectivity index (χ0v) is 29.3. The molecule has 16 heteroatoms. The van der Waals surface area contributed by atoms with E-state index in [4.69, 9.17) is 14.2 Å². The highest BCUT2D eigenvalue weighted by Crippen LogP contribution is 2.26. The van der Waals surface area contributed by atoms with Gasteiger partial charge in [0, 0.05) is 24.4 Å². The number of methoxy groups -OCH3 is 2. The summed E-state index contributed by atoms with van der Waals surface area (Å²) in [6, 6.07) is 16.3. The lowest BCUT2D eigenvalue weighted by Gasteiger charge is -2.28. The maximum atomic E-state index is 13.7. The van der Waals surface area contributed by atoms with Crippen LogP contribution < -0.4 is 30.7 Å². The second kappa shape index (κ2) is 19.3. The van der Waals surface area contributed by atoms with Crippen LogP contribution in [0.4, 0.5) is 4.79 Å². The SMILES string of the molecule is COc1ccc(C(NC(=O)C[C@H](NC(=O)OCc2ccccc2)C(=O)N[C@@H](C(=O)O)[C@H](C)N[C@@H](Cc2cnc[nH]2)C(=O)O)c2ccc(OC)cc2)cc1. The normalized spacial score (nSPS) is 13.1. The van der Waals surface area contributed by atoms with Crippen molar-refractivity contribution in [3.8, 4) is 11.5 Å². The number of rotatable bonds is 19. The van der Waals surface area contributed by atoms with Gasteiger partial charge in [0.05, 0.1) is 33.0 Å². The average molecular weight is 731 g/mol. The molecule has 1 heterocycles. The second-order valence-electron chi connectivity index (χ2n) is 12.0. The number of hydrogen-bond acceptors (Lipinski definition) is 10. The van der Waals surface area contributed by atoms with Gasteiger partial charge in [-0.3, -0.25) is 19.7 Å². The molecule has 0 aliphatic rings. The Bertz CT molecular complexity index is 1760. The standard InChI is InChI=1S/C37H42N6O10/c1-22(40-30(35(46)47)17-26-19-38-21-39-26)32(36(48)49)43-34(45)29(41-37(50)53-20-23-7-5-4-6-8-23)18-31(44)42-33(24-9-13-27(51-2)14-10-24)25-11-15-28(52-3)16-12-25/h4-16,19,21-22,29-30,32-33,40H,17-18,20H2,1-3H3,(H,38,39)(H,41,50)(H,42,44)(H,43,45)(H,46,47)(H,48,49)/t22-,29-,30-,32+/m0/s1. The number of nitrogens with one attached hydrogen (secondary N) is 5. The van der Waals surface area contributed by atoms with E-state index in [0.29, 0.717) is 33.9 Å². The van der Waals surface area contributed by atoms with Crippen LogP contribution in [0.25, 0.3) is 0 Å². The number of carbonyl (C=O) groups excluding carboxylic acids is 3. The third-order valence-electron chi connectivity index (χ3n) is 8.22. The number of imidazole rings is 1. The highest BCUT2D eigenvalue weighted by atomic mass is 16.5. The Morgan fingerprint density at radius 2 is 1.38 bits per heavy atom. The number of alkyl carbamates (subject to hydrolysis) is 1. The van der Waals surface area contributed by atoms with Crippen molar-refractivity contribution in [3.63, 3.8) is 0 Å². The van der Waals surface area contributed by atoms with E-state index in [1.54, 1.807) is 78.9 Å². The molecule has 7 N–H and O–H groups in total. The molecule has 1 aromatic heterocycles. The van der Waals surface area contributed by atoms with E-state index in [2.05, 4.69) is 31.2 Å². The van der Waals surface area contributed by atoms with E-state index >= 15 is 0 Å². The summed E-state index contributed by atoms with van der Waals surface area (Å²) in [6.07, 6.45) is 1.10. The molecule has 0 spiro atoms. The van der Waals surface area contributed by atoms with Crippen LogP contribution in [0.15, 0.2) is 91.4 Å². The number of ether oxygens (including phenoxy) is 3. The van der Waals surface area contributed by atoms with E-state index in [9.17, 15) is 34.2 Å². The summed E-state index contributed by atoms with van der Waals surface area (Å²) in [5, 5.41) is 30.2. The predicted molar refractivity (Wildman–Crippen MR) is 190 cm³/mol. The zero-order chi connectivity index (χ0) is 38.3. The number of aliphatic carboxylic acids is 2. The van der Waals surface area contributed by atoms with Gasteiger partial charge in [0.1, 0.15) is 36.2 Å². The number of aromatic amines is 1. The molecule has 0 unspecified atom stereocenters. The van der Waals surface area contributed by atoms with Crippen molar-refractivity contribution in [2.24, 2.45) is 0 Å². The van der Waals surface area contributed by atoms with Gasteiger partial charge in [-0.05, 0) is 47.9 Å². The molecule has 0 saturated heterocycles. The number of carboxylic acid groups (broad SMARTS) is 2. The van der Waals surface area contributed by atoms with Crippen LogP contribution in [0.1, 0.15) is 41.8 Å². The van der Waals surface area contributed by atoms with Gasteiger partial charge in [-0.2, -0.15) is 0 Å². The van der Waals surface area contributed by atoms with Gasteiger partial charge in [-0.25, -0.2) is 14.6 Å². The number of nitrogens with zero attached hydrogens (tertiary/aromatic N) is 1. The fraction of sp³-hybridized carbons (Fsp3) is 0.297. The number of H-pyrrole nitrogens is 1. The highest BCUT2D eigenvalue weighted by Gasteiger charge is 2.34. The van der Waals surface area contributed by atoms with Gasteiger partial charge in [0.25, 0.3) is 0 Å². The van der Waals surface area contributed by atoms with Crippen LogP contribution in [-0.2, 0) is 36.9 Å². The van der Waals surface area contributed by atoms with Crippen molar-refractivity contribution in [2.45, 2.75) is 56.6 Å². The number of carboxylic acids is 2. The molecule has 0 aliphatic carbocycles. The first kappa shape index (κ1) is 39.4. The monoisotopic (exact) mass is 730 g/mol. The quantitative estimate of drug-likeness (QED) is 0.0738. The van der Waals surface area contributed by atoms with Gasteiger partial charge in [0.15, 0.2) is 0 Å². The number of aromatic nitrogens is 2. The summed E-state index contributed by atoms with van der Waals surface area (Å²) in [4.78, 5) is 71.5. The fourth-order valence-corrected chi connectivity index (χ4v) is 5.38. The summed E-state index contributed by atoms with van der Waals surface area (Å²) >= 11 is 0. The van der Waals surface area contributed by atoms with E-state index in [-0.39, 0.29) is 13.0 Å². The molecule has 4 rings (SSSR count). The number of amides is 3. The van der Waals surface area contributed by atoms with Crippen LogP contribution >= 0.6 is 0 Å².